The van der Waals surface area contributed by atoms with Crippen LogP contribution in [0.5, 0.6) is 0 Å². The van der Waals surface area contributed by atoms with Gasteiger partial charge >= 0.3 is 0 Å². The summed E-state index contributed by atoms with van der Waals surface area (Å²) in [6.07, 6.45) is 0. The quantitative estimate of drug-likeness (QED) is 0.452. The summed E-state index contributed by atoms with van der Waals surface area (Å²) in [5, 5.41) is 11.4. The predicted molar refractivity (Wildman–Crippen MR) is 117 cm³/mol. The number of H-pyrrole nitrogens is 1. The minimum Gasteiger partial charge on any atom is -0.309 e. The number of rotatable bonds is 5. The van der Waals surface area contributed by atoms with Crippen molar-refractivity contribution in [2.75, 3.05) is 26.2 Å². The van der Waals surface area contributed by atoms with Crippen molar-refractivity contribution in [1.29, 1.82) is 0 Å². The third-order valence-corrected chi connectivity index (χ3v) is 8.49. The first kappa shape index (κ1) is 21.6. The number of sulfonamides is 1. The lowest BCUT2D eigenvalue weighted by molar-refractivity contribution is -0.384. The molecule has 10 nitrogen and oxygen atoms in total. The minimum atomic E-state index is -3.73. The largest absolute Gasteiger partial charge is 0.309 e. The Morgan fingerprint density at radius 3 is 2.42 bits per heavy atom. The molecule has 0 spiro atoms. The highest BCUT2D eigenvalue weighted by atomic mass is 32.2. The molecule has 12 heteroatoms. The Balaban J connectivity index is 1.44. The summed E-state index contributed by atoms with van der Waals surface area (Å²) in [5.41, 5.74) is 0.643. The average Bonchev–Trinajstić information content (AvgIpc) is 3.02. The van der Waals surface area contributed by atoms with Crippen LogP contribution in [-0.4, -0.2) is 58.7 Å². The third kappa shape index (κ3) is 4.11. The second-order valence-corrected chi connectivity index (χ2v) is 10.5. The maximum absolute atomic E-state index is 12.8. The second-order valence-electron chi connectivity index (χ2n) is 7.41. The first-order valence-electron chi connectivity index (χ1n) is 9.62. The number of hydrogen-bond acceptors (Lipinski definition) is 8. The number of nitrogens with zero attached hydrogens (tertiary/aromatic N) is 4. The number of benzene rings is 1. The Kier molecular flexibility index (Phi) is 5.64. The highest BCUT2D eigenvalue weighted by molar-refractivity contribution is 7.89. The van der Waals surface area contributed by atoms with E-state index in [0.717, 1.165) is 10.4 Å². The molecule has 1 N–H and O–H groups in total. The van der Waals surface area contributed by atoms with Crippen LogP contribution >= 0.6 is 11.3 Å². The molecule has 4 rings (SSSR count). The van der Waals surface area contributed by atoms with E-state index in [-0.39, 0.29) is 29.2 Å². The molecule has 0 aliphatic carbocycles. The van der Waals surface area contributed by atoms with Gasteiger partial charge in [0, 0.05) is 43.2 Å². The maximum Gasteiger partial charge on any atom is 0.269 e. The van der Waals surface area contributed by atoms with E-state index >= 15 is 0 Å². The van der Waals surface area contributed by atoms with E-state index in [2.05, 4.69) is 9.97 Å². The van der Waals surface area contributed by atoms with Crippen molar-refractivity contribution in [3.8, 4) is 0 Å². The molecule has 164 valence electrons. The van der Waals surface area contributed by atoms with Gasteiger partial charge in [-0.05, 0) is 31.5 Å². The van der Waals surface area contributed by atoms with Gasteiger partial charge in [0.05, 0.1) is 21.7 Å². The summed E-state index contributed by atoms with van der Waals surface area (Å²) in [4.78, 5) is 33.9. The van der Waals surface area contributed by atoms with Gasteiger partial charge in [-0.3, -0.25) is 19.8 Å². The number of nitrogens with one attached hydrogen (secondary N) is 1. The average molecular weight is 464 g/mol. The Labute approximate surface area is 182 Å². The molecule has 1 fully saturated rings. The zero-order valence-corrected chi connectivity index (χ0v) is 18.6. The number of aryl methyl sites for hydroxylation is 2. The number of aromatic nitrogens is 2. The SMILES string of the molecule is Cc1sc2nc(CN3CCN(S(=O)(=O)c4ccc([N+](=O)[O-])cc4)CC3)[nH]c(=O)c2c1C. The Morgan fingerprint density at radius 2 is 1.81 bits per heavy atom. The fourth-order valence-electron chi connectivity index (χ4n) is 3.60. The predicted octanol–water partition coefficient (Wildman–Crippen LogP) is 2.02. The lowest BCUT2D eigenvalue weighted by Gasteiger charge is -2.33. The van der Waals surface area contributed by atoms with Crippen molar-refractivity contribution in [3.05, 3.63) is 61.0 Å². The van der Waals surface area contributed by atoms with E-state index in [0.29, 0.717) is 35.7 Å². The number of aromatic amines is 1. The maximum atomic E-state index is 12.8. The fourth-order valence-corrected chi connectivity index (χ4v) is 6.07. The number of thiophene rings is 1. The molecule has 0 amide bonds. The molecule has 2 aromatic heterocycles. The highest BCUT2D eigenvalue weighted by Gasteiger charge is 2.29. The molecule has 1 saturated heterocycles. The molecule has 1 aliphatic rings. The van der Waals surface area contributed by atoms with Crippen LogP contribution in [0, 0.1) is 24.0 Å². The monoisotopic (exact) mass is 463 g/mol. The number of nitro groups is 1. The lowest BCUT2D eigenvalue weighted by Crippen LogP contribution is -2.48. The van der Waals surface area contributed by atoms with Crippen LogP contribution < -0.4 is 5.56 Å². The number of fused-ring (bicyclic) bond motifs is 1. The summed E-state index contributed by atoms with van der Waals surface area (Å²) in [6, 6.07) is 4.90. The van der Waals surface area contributed by atoms with E-state index in [4.69, 9.17) is 0 Å². The standard InChI is InChI=1S/C19H21N5O5S2/c1-12-13(2)30-19-17(12)18(25)20-16(21-19)11-22-7-9-23(10-8-22)31(28,29)15-5-3-14(4-6-15)24(26)27/h3-6H,7-11H2,1-2H3,(H,20,21,25). The summed E-state index contributed by atoms with van der Waals surface area (Å²) in [6.45, 7) is 5.83. The van der Waals surface area contributed by atoms with Gasteiger partial charge < -0.3 is 4.98 Å². The van der Waals surface area contributed by atoms with E-state index in [1.54, 1.807) is 0 Å². The van der Waals surface area contributed by atoms with Crippen LogP contribution in [0.25, 0.3) is 10.2 Å². The van der Waals surface area contributed by atoms with Crippen LogP contribution in [0.15, 0.2) is 34.0 Å². The van der Waals surface area contributed by atoms with Crippen molar-refractivity contribution in [2.24, 2.45) is 0 Å². The molecule has 0 radical (unpaired) electrons. The molecular formula is C19H21N5O5S2. The summed E-state index contributed by atoms with van der Waals surface area (Å²) in [5.74, 6) is 0.561. The molecule has 3 aromatic rings. The van der Waals surface area contributed by atoms with Gasteiger partial charge in [0.15, 0.2) is 0 Å². The fraction of sp³-hybridized carbons (Fsp3) is 0.368. The van der Waals surface area contributed by atoms with Crippen LogP contribution in [0.1, 0.15) is 16.3 Å². The van der Waals surface area contributed by atoms with Crippen LogP contribution in [0.4, 0.5) is 5.69 Å². The molecule has 0 atom stereocenters. The number of non-ortho nitro benzene ring substituents is 1. The van der Waals surface area contributed by atoms with Crippen molar-refractivity contribution < 1.29 is 13.3 Å². The zero-order chi connectivity index (χ0) is 22.3. The van der Waals surface area contributed by atoms with Crippen molar-refractivity contribution in [2.45, 2.75) is 25.3 Å². The van der Waals surface area contributed by atoms with E-state index in [9.17, 15) is 23.3 Å². The van der Waals surface area contributed by atoms with Gasteiger partial charge in [-0.15, -0.1) is 11.3 Å². The number of piperazine rings is 1. The number of hydrogen-bond donors (Lipinski definition) is 1. The zero-order valence-electron chi connectivity index (χ0n) is 17.0. The first-order chi connectivity index (χ1) is 14.7. The summed E-state index contributed by atoms with van der Waals surface area (Å²) >= 11 is 1.49. The molecule has 0 saturated carbocycles. The van der Waals surface area contributed by atoms with Crippen LogP contribution in [0.2, 0.25) is 0 Å². The summed E-state index contributed by atoms with van der Waals surface area (Å²) < 4.78 is 27.0. The Hall–Kier alpha value is -2.67. The highest BCUT2D eigenvalue weighted by Crippen LogP contribution is 2.26. The topological polar surface area (TPSA) is 130 Å². The molecule has 1 aliphatic heterocycles. The molecule has 1 aromatic carbocycles. The Morgan fingerprint density at radius 1 is 1.16 bits per heavy atom. The first-order valence-corrected chi connectivity index (χ1v) is 11.9. The van der Waals surface area contributed by atoms with E-state index in [1.165, 1.54) is 39.9 Å². The van der Waals surface area contributed by atoms with Crippen molar-refractivity contribution >= 4 is 37.3 Å². The van der Waals surface area contributed by atoms with Crippen LogP contribution in [-0.2, 0) is 16.6 Å². The third-order valence-electron chi connectivity index (χ3n) is 5.48. The molecule has 0 unspecified atom stereocenters. The van der Waals surface area contributed by atoms with Crippen molar-refractivity contribution in [1.82, 2.24) is 19.2 Å². The van der Waals surface area contributed by atoms with E-state index < -0.39 is 14.9 Å². The van der Waals surface area contributed by atoms with Gasteiger partial charge in [-0.1, -0.05) is 0 Å². The smallest absolute Gasteiger partial charge is 0.269 e. The molecule has 31 heavy (non-hydrogen) atoms. The Bertz CT molecular complexity index is 1310. The number of nitro benzene ring substituents is 1. The molecular weight excluding hydrogens is 442 g/mol. The van der Waals surface area contributed by atoms with Crippen LogP contribution in [0.3, 0.4) is 0 Å². The van der Waals surface area contributed by atoms with Gasteiger partial charge in [0.2, 0.25) is 10.0 Å². The summed E-state index contributed by atoms with van der Waals surface area (Å²) in [7, 11) is -3.73. The van der Waals surface area contributed by atoms with E-state index in [1.807, 2.05) is 18.7 Å². The minimum absolute atomic E-state index is 0.0337. The van der Waals surface area contributed by atoms with Crippen molar-refractivity contribution in [3.63, 3.8) is 0 Å². The molecule has 0 bridgehead atoms. The second kappa shape index (κ2) is 8.11. The van der Waals surface area contributed by atoms with Gasteiger partial charge in [-0.25, -0.2) is 13.4 Å². The van der Waals surface area contributed by atoms with Gasteiger partial charge in [0.25, 0.3) is 11.2 Å². The van der Waals surface area contributed by atoms with Gasteiger partial charge in [-0.2, -0.15) is 4.31 Å². The normalized spacial score (nSPS) is 16.1. The van der Waals surface area contributed by atoms with Gasteiger partial charge in [0.1, 0.15) is 10.7 Å². The molecule has 3 heterocycles. The lowest BCUT2D eigenvalue weighted by atomic mass is 10.2.